The highest BCUT2D eigenvalue weighted by Gasteiger charge is 2.59. The fraction of sp³-hybridized carbons (Fsp3) is 0.318. The van der Waals surface area contributed by atoms with E-state index >= 15 is 0 Å². The van der Waals surface area contributed by atoms with Gasteiger partial charge in [-0.1, -0.05) is 24.6 Å². The summed E-state index contributed by atoms with van der Waals surface area (Å²) < 4.78 is 76.8. The predicted molar refractivity (Wildman–Crippen MR) is 123 cm³/mol. The second-order valence-corrected chi connectivity index (χ2v) is 9.01. The zero-order chi connectivity index (χ0) is 25.3. The highest BCUT2D eigenvalue weighted by Crippen LogP contribution is 2.47. The molecule has 0 amide bonds. The van der Waals surface area contributed by atoms with Gasteiger partial charge in [-0.05, 0) is 35.6 Å². The zero-order valence-corrected chi connectivity index (χ0v) is 19.5. The fourth-order valence-electron chi connectivity index (χ4n) is 3.48. The Kier molecular flexibility index (Phi) is 7.69. The Labute approximate surface area is 200 Å². The quantitative estimate of drug-likeness (QED) is 0.333. The Balaban J connectivity index is 2.28. The molecular formula is C22H20ClF5N2O3S. The summed E-state index contributed by atoms with van der Waals surface area (Å²) in [7, 11) is 1.16. The highest BCUT2D eigenvalue weighted by atomic mass is 35.5. The van der Waals surface area contributed by atoms with E-state index in [1.54, 1.807) is 6.92 Å². The average Bonchev–Trinajstić information content (AvgIpc) is 2.76. The maximum atomic E-state index is 14.7. The van der Waals surface area contributed by atoms with Crippen LogP contribution in [0.25, 0.3) is 10.9 Å². The molecule has 3 N–H and O–H groups in total. The van der Waals surface area contributed by atoms with Crippen LogP contribution in [-0.4, -0.2) is 40.5 Å². The fourth-order valence-corrected chi connectivity index (χ4v) is 4.59. The van der Waals surface area contributed by atoms with Crippen molar-refractivity contribution in [3.63, 3.8) is 0 Å². The minimum atomic E-state index is -5.19. The Morgan fingerprint density at radius 3 is 2.53 bits per heavy atom. The maximum absolute atomic E-state index is 14.7. The summed E-state index contributed by atoms with van der Waals surface area (Å²) >= 11 is 6.91. The largest absolute Gasteiger partial charge is 0.494 e. The first-order valence-electron chi connectivity index (χ1n) is 9.90. The van der Waals surface area contributed by atoms with Crippen LogP contribution in [0.15, 0.2) is 41.2 Å². The lowest BCUT2D eigenvalue weighted by atomic mass is 9.88. The van der Waals surface area contributed by atoms with E-state index in [9.17, 15) is 31.9 Å². The van der Waals surface area contributed by atoms with E-state index in [4.69, 9.17) is 16.3 Å². The summed E-state index contributed by atoms with van der Waals surface area (Å²) in [6.07, 6.45) is -5.19. The Morgan fingerprint density at radius 1 is 1.21 bits per heavy atom. The molecule has 0 radical (unpaired) electrons. The van der Waals surface area contributed by atoms with Crippen molar-refractivity contribution in [1.82, 2.24) is 4.98 Å². The number of rotatable bonds is 8. The van der Waals surface area contributed by atoms with Crippen LogP contribution in [0.1, 0.15) is 18.5 Å². The van der Waals surface area contributed by atoms with Crippen molar-refractivity contribution in [2.45, 2.75) is 24.7 Å². The van der Waals surface area contributed by atoms with Crippen LogP contribution < -0.4 is 15.6 Å². The number of methoxy groups -OCH3 is 1. The van der Waals surface area contributed by atoms with Gasteiger partial charge in [-0.25, -0.2) is 8.78 Å². The predicted octanol–water partition coefficient (Wildman–Crippen LogP) is 5.67. The van der Waals surface area contributed by atoms with E-state index < -0.39 is 51.4 Å². The molecule has 0 spiro atoms. The van der Waals surface area contributed by atoms with E-state index in [0.717, 1.165) is 49.2 Å². The van der Waals surface area contributed by atoms with Crippen molar-refractivity contribution in [2.75, 3.05) is 23.9 Å². The molecule has 0 bridgehead atoms. The number of nitrogens with one attached hydrogen (secondary N) is 2. The smallest absolute Gasteiger partial charge is 0.420 e. The lowest BCUT2D eigenvalue weighted by Gasteiger charge is -2.39. The van der Waals surface area contributed by atoms with Gasteiger partial charge < -0.3 is 20.1 Å². The third kappa shape index (κ3) is 4.96. The number of fused-ring (bicyclic) bond motifs is 1. The number of aliphatic hydroxyl groups is 1. The van der Waals surface area contributed by atoms with Crippen LogP contribution in [0.3, 0.4) is 0 Å². The standard InChI is InChI=1S/C22H20ClF5N2O3S/c1-3-34-10-21(32,22(26,27)28)20(13-4-6-16(33-2)19(25)18(13)23)30-15-9-11(24)8-14-12(15)5-7-17(31)29-14/h4-9,20,30,32H,3,10H2,1-2H3,(H,29,31)/t20-,21-/m1/s1. The zero-order valence-electron chi connectivity index (χ0n) is 17.9. The molecule has 184 valence electrons. The molecule has 1 aromatic heterocycles. The number of thioether (sulfide) groups is 1. The first-order valence-corrected chi connectivity index (χ1v) is 11.4. The number of aromatic nitrogens is 1. The third-order valence-electron chi connectivity index (χ3n) is 5.21. The van der Waals surface area contributed by atoms with Crippen LogP contribution in [0, 0.1) is 11.6 Å². The van der Waals surface area contributed by atoms with E-state index in [1.165, 1.54) is 6.07 Å². The molecule has 0 saturated heterocycles. The molecule has 5 nitrogen and oxygen atoms in total. The molecule has 34 heavy (non-hydrogen) atoms. The van der Waals surface area contributed by atoms with E-state index in [-0.39, 0.29) is 28.1 Å². The van der Waals surface area contributed by atoms with Gasteiger partial charge in [-0.15, -0.1) is 0 Å². The van der Waals surface area contributed by atoms with Crippen LogP contribution in [0.2, 0.25) is 5.02 Å². The van der Waals surface area contributed by atoms with E-state index in [1.807, 2.05) is 0 Å². The van der Waals surface area contributed by atoms with Gasteiger partial charge in [0.05, 0.1) is 23.7 Å². The van der Waals surface area contributed by atoms with E-state index in [0.29, 0.717) is 0 Å². The molecule has 1 heterocycles. The first kappa shape index (κ1) is 26.1. The second-order valence-electron chi connectivity index (χ2n) is 7.36. The monoisotopic (exact) mass is 522 g/mol. The normalized spacial score (nSPS) is 14.6. The summed E-state index contributed by atoms with van der Waals surface area (Å²) in [5, 5.41) is 13.0. The second kappa shape index (κ2) is 10.0. The van der Waals surface area contributed by atoms with E-state index in [2.05, 4.69) is 10.3 Å². The minimum absolute atomic E-state index is 0.0132. The number of pyridine rings is 1. The van der Waals surface area contributed by atoms with Gasteiger partial charge in [-0.3, -0.25) is 4.79 Å². The first-order chi connectivity index (χ1) is 15.9. The number of aromatic amines is 1. The van der Waals surface area contributed by atoms with Crippen LogP contribution >= 0.6 is 23.4 Å². The van der Waals surface area contributed by atoms with Crippen molar-refractivity contribution in [1.29, 1.82) is 0 Å². The summed E-state index contributed by atoms with van der Waals surface area (Å²) in [5.74, 6) is -2.85. The van der Waals surface area contributed by atoms with Crippen molar-refractivity contribution in [3.8, 4) is 5.75 Å². The van der Waals surface area contributed by atoms with Crippen molar-refractivity contribution in [2.24, 2.45) is 0 Å². The topological polar surface area (TPSA) is 74.4 Å². The molecule has 2 aromatic carbocycles. The molecule has 0 unspecified atom stereocenters. The van der Waals surface area contributed by atoms with Gasteiger partial charge in [0.15, 0.2) is 17.2 Å². The molecule has 0 aliphatic rings. The molecular weight excluding hydrogens is 503 g/mol. The van der Waals surface area contributed by atoms with Gasteiger partial charge in [0.25, 0.3) is 0 Å². The molecule has 0 fully saturated rings. The number of hydrogen-bond donors (Lipinski definition) is 3. The van der Waals surface area contributed by atoms with Crippen LogP contribution in [-0.2, 0) is 0 Å². The molecule has 3 aromatic rings. The number of H-pyrrole nitrogens is 1. The number of hydrogen-bond acceptors (Lipinski definition) is 5. The molecule has 0 aliphatic heterocycles. The third-order valence-corrected chi connectivity index (χ3v) is 6.64. The Morgan fingerprint density at radius 2 is 1.91 bits per heavy atom. The SMILES string of the molecule is CCSC[C@@](O)([C@H](Nc1cc(F)cc2[nH]c(=O)ccc12)c1ccc(OC)c(F)c1Cl)C(F)(F)F. The molecule has 0 aliphatic carbocycles. The Hall–Kier alpha value is -2.50. The summed E-state index contributed by atoms with van der Waals surface area (Å²) in [4.78, 5) is 14.0. The average molecular weight is 523 g/mol. The lowest BCUT2D eigenvalue weighted by molar-refractivity contribution is -0.256. The molecule has 3 rings (SSSR count). The molecule has 12 heteroatoms. The van der Waals surface area contributed by atoms with Gasteiger partial charge in [0.2, 0.25) is 5.56 Å². The van der Waals surface area contributed by atoms with Crippen molar-refractivity contribution in [3.05, 3.63) is 69.0 Å². The van der Waals surface area contributed by atoms with Crippen molar-refractivity contribution >= 4 is 40.0 Å². The molecule has 0 saturated carbocycles. The number of anilines is 1. The maximum Gasteiger partial charge on any atom is 0.420 e. The van der Waals surface area contributed by atoms with Gasteiger partial charge in [-0.2, -0.15) is 24.9 Å². The van der Waals surface area contributed by atoms with Gasteiger partial charge in [0, 0.05) is 22.9 Å². The van der Waals surface area contributed by atoms with Crippen LogP contribution in [0.4, 0.5) is 27.6 Å². The number of ether oxygens (including phenoxy) is 1. The number of halogens is 6. The van der Waals surface area contributed by atoms with Gasteiger partial charge in [0.1, 0.15) is 5.82 Å². The number of alkyl halides is 3. The highest BCUT2D eigenvalue weighted by molar-refractivity contribution is 7.99. The molecule has 2 atom stereocenters. The lowest BCUT2D eigenvalue weighted by Crippen LogP contribution is -2.54. The summed E-state index contributed by atoms with van der Waals surface area (Å²) in [5.41, 5.74) is -4.57. The van der Waals surface area contributed by atoms with Crippen molar-refractivity contribution < 1.29 is 31.8 Å². The van der Waals surface area contributed by atoms with Crippen LogP contribution in [0.5, 0.6) is 5.75 Å². The summed E-state index contributed by atoms with van der Waals surface area (Å²) in [6, 6.07) is 4.43. The number of benzene rings is 2. The van der Waals surface area contributed by atoms with Gasteiger partial charge >= 0.3 is 6.18 Å². The Bertz CT molecular complexity index is 1250. The minimum Gasteiger partial charge on any atom is -0.494 e. The summed E-state index contributed by atoms with van der Waals surface area (Å²) in [6.45, 7) is 1.61.